The molecule has 3 heterocycles. The number of carbonyl (C=O) groups is 2. The summed E-state index contributed by atoms with van der Waals surface area (Å²) >= 11 is 0. The molecule has 4 rings (SSSR count). The number of likely N-dealkylation sites (N-methyl/N-ethyl adjacent to an activating group) is 1. The van der Waals surface area contributed by atoms with Gasteiger partial charge >= 0.3 is 0 Å². The molecule has 0 unspecified atom stereocenters. The molecular weight excluding hydrogens is 340 g/mol. The normalized spacial score (nSPS) is 17.5. The number of fused-ring (bicyclic) bond motifs is 1. The monoisotopic (exact) mass is 364 g/mol. The molecule has 1 aromatic heterocycles. The predicted octanol–water partition coefficient (Wildman–Crippen LogP) is 1.67. The summed E-state index contributed by atoms with van der Waals surface area (Å²) in [5, 5.41) is 0. The standard InChI is InChI=1S/C21H24N4O2/c1-23-10-12-24(13-11-23)20(26)17-6-8-22-19(14-17)21(27)25-9-7-16-4-2-3-5-18(16)15-25/h2-6,8,14H,7,9-13,15H2,1H3. The molecule has 1 aromatic carbocycles. The van der Waals surface area contributed by atoms with Gasteiger partial charge in [0.15, 0.2) is 0 Å². The molecule has 0 N–H and O–H groups in total. The zero-order valence-corrected chi connectivity index (χ0v) is 15.6. The van der Waals surface area contributed by atoms with E-state index in [0.29, 0.717) is 37.4 Å². The predicted molar refractivity (Wildman–Crippen MR) is 103 cm³/mol. The molecule has 6 nitrogen and oxygen atoms in total. The Kier molecular flexibility index (Phi) is 4.90. The van der Waals surface area contributed by atoms with Crippen molar-refractivity contribution < 1.29 is 9.59 Å². The van der Waals surface area contributed by atoms with Crippen molar-refractivity contribution in [2.45, 2.75) is 13.0 Å². The zero-order valence-electron chi connectivity index (χ0n) is 15.6. The molecule has 0 spiro atoms. The van der Waals surface area contributed by atoms with E-state index in [9.17, 15) is 9.59 Å². The van der Waals surface area contributed by atoms with Gasteiger partial charge in [0.1, 0.15) is 5.69 Å². The molecule has 0 bridgehead atoms. The zero-order chi connectivity index (χ0) is 18.8. The first-order valence-electron chi connectivity index (χ1n) is 9.42. The van der Waals surface area contributed by atoms with Gasteiger partial charge in [0, 0.05) is 51.0 Å². The van der Waals surface area contributed by atoms with E-state index in [0.717, 1.165) is 19.5 Å². The average molecular weight is 364 g/mol. The van der Waals surface area contributed by atoms with Crippen molar-refractivity contribution in [2.24, 2.45) is 0 Å². The Morgan fingerprint density at radius 3 is 2.41 bits per heavy atom. The maximum Gasteiger partial charge on any atom is 0.272 e. The van der Waals surface area contributed by atoms with Gasteiger partial charge in [0.25, 0.3) is 11.8 Å². The Hall–Kier alpha value is -2.73. The summed E-state index contributed by atoms with van der Waals surface area (Å²) in [7, 11) is 2.06. The van der Waals surface area contributed by atoms with Crippen LogP contribution >= 0.6 is 0 Å². The van der Waals surface area contributed by atoms with Gasteiger partial charge in [-0.05, 0) is 36.7 Å². The Bertz CT molecular complexity index is 859. The van der Waals surface area contributed by atoms with Gasteiger partial charge in [-0.2, -0.15) is 0 Å². The van der Waals surface area contributed by atoms with Gasteiger partial charge in [0.05, 0.1) is 0 Å². The van der Waals surface area contributed by atoms with Crippen LogP contribution in [0.1, 0.15) is 32.0 Å². The second-order valence-electron chi connectivity index (χ2n) is 7.27. The van der Waals surface area contributed by atoms with Crippen LogP contribution in [0.4, 0.5) is 0 Å². The minimum Gasteiger partial charge on any atom is -0.336 e. The van der Waals surface area contributed by atoms with E-state index in [-0.39, 0.29) is 11.8 Å². The van der Waals surface area contributed by atoms with E-state index in [1.807, 2.05) is 21.9 Å². The third-order valence-corrected chi connectivity index (χ3v) is 5.43. The highest BCUT2D eigenvalue weighted by atomic mass is 16.2. The first-order valence-corrected chi connectivity index (χ1v) is 9.42. The second-order valence-corrected chi connectivity index (χ2v) is 7.27. The molecule has 0 atom stereocenters. The molecule has 2 aromatic rings. The first-order chi connectivity index (χ1) is 13.1. The van der Waals surface area contributed by atoms with Crippen molar-refractivity contribution in [2.75, 3.05) is 39.8 Å². The largest absolute Gasteiger partial charge is 0.336 e. The molecule has 0 saturated carbocycles. The molecule has 1 saturated heterocycles. The molecule has 6 heteroatoms. The van der Waals surface area contributed by atoms with E-state index < -0.39 is 0 Å². The number of hydrogen-bond acceptors (Lipinski definition) is 4. The van der Waals surface area contributed by atoms with Crippen LogP contribution < -0.4 is 0 Å². The molecule has 0 radical (unpaired) electrons. The first kappa shape index (κ1) is 17.7. The summed E-state index contributed by atoms with van der Waals surface area (Å²) in [6.45, 7) is 4.43. The molecule has 2 aliphatic rings. The number of piperazine rings is 1. The summed E-state index contributed by atoms with van der Waals surface area (Å²) < 4.78 is 0. The number of benzene rings is 1. The number of pyridine rings is 1. The lowest BCUT2D eigenvalue weighted by Crippen LogP contribution is -2.47. The van der Waals surface area contributed by atoms with Crippen LogP contribution in [-0.4, -0.2) is 71.3 Å². The van der Waals surface area contributed by atoms with Crippen LogP contribution in [0.5, 0.6) is 0 Å². The van der Waals surface area contributed by atoms with Gasteiger partial charge in [0.2, 0.25) is 0 Å². The van der Waals surface area contributed by atoms with Crippen LogP contribution in [-0.2, 0) is 13.0 Å². The Morgan fingerprint density at radius 1 is 0.889 bits per heavy atom. The molecule has 2 aliphatic heterocycles. The maximum atomic E-state index is 12.9. The summed E-state index contributed by atoms with van der Waals surface area (Å²) in [6, 6.07) is 11.6. The van der Waals surface area contributed by atoms with Crippen LogP contribution in [0.25, 0.3) is 0 Å². The smallest absolute Gasteiger partial charge is 0.272 e. The van der Waals surface area contributed by atoms with Gasteiger partial charge in [-0.3, -0.25) is 14.6 Å². The number of aromatic nitrogens is 1. The molecule has 27 heavy (non-hydrogen) atoms. The van der Waals surface area contributed by atoms with Crippen molar-refractivity contribution in [1.82, 2.24) is 19.7 Å². The minimum atomic E-state index is -0.113. The Labute approximate surface area is 159 Å². The van der Waals surface area contributed by atoms with E-state index in [1.54, 1.807) is 18.3 Å². The topological polar surface area (TPSA) is 56.8 Å². The van der Waals surface area contributed by atoms with Crippen LogP contribution in [0.3, 0.4) is 0 Å². The van der Waals surface area contributed by atoms with Crippen LogP contribution in [0.15, 0.2) is 42.6 Å². The van der Waals surface area contributed by atoms with E-state index in [2.05, 4.69) is 29.1 Å². The number of amides is 2. The summed E-state index contributed by atoms with van der Waals surface area (Å²) in [6.07, 6.45) is 2.41. The third-order valence-electron chi connectivity index (χ3n) is 5.43. The number of hydrogen-bond donors (Lipinski definition) is 0. The van der Waals surface area contributed by atoms with Crippen LogP contribution in [0.2, 0.25) is 0 Å². The third kappa shape index (κ3) is 3.71. The van der Waals surface area contributed by atoms with Gasteiger partial charge < -0.3 is 14.7 Å². The highest BCUT2D eigenvalue weighted by Gasteiger charge is 2.25. The average Bonchev–Trinajstić information content (AvgIpc) is 2.73. The van der Waals surface area contributed by atoms with Gasteiger partial charge in [-0.1, -0.05) is 24.3 Å². The SMILES string of the molecule is CN1CCN(C(=O)c2ccnc(C(=O)N3CCc4ccccc4C3)c2)CC1. The second kappa shape index (κ2) is 7.48. The molecule has 1 fully saturated rings. The van der Waals surface area contributed by atoms with Gasteiger partial charge in [-0.15, -0.1) is 0 Å². The lowest BCUT2D eigenvalue weighted by Gasteiger charge is -2.32. The fraction of sp³-hybridized carbons (Fsp3) is 0.381. The quantitative estimate of drug-likeness (QED) is 0.813. The summed E-state index contributed by atoms with van der Waals surface area (Å²) in [4.78, 5) is 35.8. The lowest BCUT2D eigenvalue weighted by atomic mass is 9.99. The minimum absolute atomic E-state index is 0.0245. The van der Waals surface area contributed by atoms with Crippen molar-refractivity contribution in [1.29, 1.82) is 0 Å². The fourth-order valence-electron chi connectivity index (χ4n) is 3.70. The van der Waals surface area contributed by atoms with Crippen molar-refractivity contribution in [3.63, 3.8) is 0 Å². The maximum absolute atomic E-state index is 12.9. The lowest BCUT2D eigenvalue weighted by molar-refractivity contribution is 0.0664. The molecule has 140 valence electrons. The fourth-order valence-corrected chi connectivity index (χ4v) is 3.70. The van der Waals surface area contributed by atoms with Crippen LogP contribution in [0, 0.1) is 0 Å². The highest BCUT2D eigenvalue weighted by Crippen LogP contribution is 2.20. The number of rotatable bonds is 2. The van der Waals surface area contributed by atoms with Crippen molar-refractivity contribution in [3.8, 4) is 0 Å². The van der Waals surface area contributed by atoms with E-state index in [1.165, 1.54) is 11.1 Å². The Balaban J connectivity index is 1.49. The summed E-state index contributed by atoms with van der Waals surface area (Å²) in [5.41, 5.74) is 3.36. The summed E-state index contributed by atoms with van der Waals surface area (Å²) in [5.74, 6) is -0.138. The van der Waals surface area contributed by atoms with Crippen molar-refractivity contribution in [3.05, 3.63) is 65.0 Å². The highest BCUT2D eigenvalue weighted by molar-refractivity contribution is 5.98. The van der Waals surface area contributed by atoms with Gasteiger partial charge in [-0.25, -0.2) is 0 Å². The molecule has 0 aliphatic carbocycles. The van der Waals surface area contributed by atoms with E-state index in [4.69, 9.17) is 0 Å². The van der Waals surface area contributed by atoms with E-state index >= 15 is 0 Å². The Morgan fingerprint density at radius 2 is 1.63 bits per heavy atom. The van der Waals surface area contributed by atoms with Crippen molar-refractivity contribution >= 4 is 11.8 Å². The number of nitrogens with zero attached hydrogens (tertiary/aromatic N) is 4. The molecule has 2 amide bonds. The molecular formula is C21H24N4O2. The number of carbonyl (C=O) groups excluding carboxylic acids is 2.